The van der Waals surface area contributed by atoms with Crippen molar-refractivity contribution in [3.63, 3.8) is 0 Å². The predicted octanol–water partition coefficient (Wildman–Crippen LogP) is 6.95. The van der Waals surface area contributed by atoms with E-state index in [9.17, 15) is 4.79 Å². The van der Waals surface area contributed by atoms with E-state index in [1.165, 1.54) is 29.5 Å². The summed E-state index contributed by atoms with van der Waals surface area (Å²) in [7, 11) is 1.59. The number of aryl methyl sites for hydroxylation is 1. The fourth-order valence-electron chi connectivity index (χ4n) is 4.98. The van der Waals surface area contributed by atoms with Crippen LogP contribution in [0.5, 0.6) is 17.2 Å². The minimum absolute atomic E-state index is 0.322. The molecule has 5 rings (SSSR count). The third-order valence-corrected chi connectivity index (χ3v) is 7.20. The summed E-state index contributed by atoms with van der Waals surface area (Å²) in [6, 6.07) is 33.1. The van der Waals surface area contributed by atoms with Crippen LogP contribution in [0.2, 0.25) is 0 Å². The highest BCUT2D eigenvalue weighted by molar-refractivity contribution is 5.93. The van der Waals surface area contributed by atoms with Crippen LogP contribution in [-0.4, -0.2) is 37.8 Å². The molecular weight excluding hydrogens is 512 g/mol. The second-order valence-corrected chi connectivity index (χ2v) is 10.2. The number of amides is 1. The van der Waals surface area contributed by atoms with E-state index >= 15 is 0 Å². The van der Waals surface area contributed by atoms with Crippen LogP contribution in [0.1, 0.15) is 58.3 Å². The lowest BCUT2D eigenvalue weighted by molar-refractivity contribution is 0.1000. The van der Waals surface area contributed by atoms with E-state index < -0.39 is 5.91 Å². The summed E-state index contributed by atoms with van der Waals surface area (Å²) in [4.78, 5) is 13.3. The van der Waals surface area contributed by atoms with Gasteiger partial charge in [0.25, 0.3) is 0 Å². The first-order chi connectivity index (χ1) is 20.0. The number of carbonyl (C=O) groups excluding carboxylic acids is 1. The highest BCUT2D eigenvalue weighted by atomic mass is 16.7. The lowest BCUT2D eigenvalue weighted by Gasteiger charge is -2.28. The molecule has 0 atom stereocenters. The Morgan fingerprint density at radius 1 is 0.902 bits per heavy atom. The molecule has 0 radical (unpaired) electrons. The van der Waals surface area contributed by atoms with Gasteiger partial charge in [0.2, 0.25) is 12.7 Å². The minimum Gasteiger partial charge on any atom is -0.496 e. The number of rotatable bonds is 11. The molecule has 0 aliphatic carbocycles. The van der Waals surface area contributed by atoms with E-state index in [2.05, 4.69) is 84.6 Å². The third-order valence-electron chi connectivity index (χ3n) is 7.20. The Morgan fingerprint density at radius 3 is 2.15 bits per heavy atom. The number of carbonyl (C=O) groups is 1. The summed E-state index contributed by atoms with van der Waals surface area (Å²) in [5.41, 5.74) is 10.5. The summed E-state index contributed by atoms with van der Waals surface area (Å²) in [5.74, 6) is 2.41. The second-order valence-electron chi connectivity index (χ2n) is 10.2. The van der Waals surface area contributed by atoms with Crippen molar-refractivity contribution in [2.75, 3.05) is 27.0 Å². The molecule has 1 amide bonds. The standard InChI is InChI=1S/C26H29NO2.C9H11NO2/c1-2-3-16-27(18-21-14-15-25-26(17-21)29-20-28-25)19-24(22-10-6-4-7-11-22)23-12-8-5-9-13-23;1-6-5-7(9(10)11)3-4-8(6)12-2/h4-15,17,24H,2-3,16,18-20H2,1H3;3-5H,1-2H3,(H2,10,11). The van der Waals surface area contributed by atoms with E-state index in [0.29, 0.717) is 18.3 Å². The Balaban J connectivity index is 0.000000271. The molecule has 2 N–H and O–H groups in total. The van der Waals surface area contributed by atoms with Gasteiger partial charge in [-0.2, -0.15) is 0 Å². The summed E-state index contributed by atoms with van der Waals surface area (Å²) in [5, 5.41) is 0. The van der Waals surface area contributed by atoms with Crippen molar-refractivity contribution in [3.8, 4) is 17.2 Å². The molecule has 0 saturated carbocycles. The van der Waals surface area contributed by atoms with E-state index in [1.807, 2.05) is 13.0 Å². The smallest absolute Gasteiger partial charge is 0.248 e. The maximum absolute atomic E-state index is 10.7. The number of hydrogen-bond donors (Lipinski definition) is 1. The van der Waals surface area contributed by atoms with Gasteiger partial charge in [-0.15, -0.1) is 0 Å². The largest absolute Gasteiger partial charge is 0.496 e. The number of primary amides is 1. The molecule has 0 saturated heterocycles. The first kappa shape index (κ1) is 29.7. The number of fused-ring (bicyclic) bond motifs is 1. The molecule has 0 unspecified atom stereocenters. The number of methoxy groups -OCH3 is 1. The van der Waals surface area contributed by atoms with Gasteiger partial charge in [-0.3, -0.25) is 9.69 Å². The molecule has 1 aliphatic heterocycles. The number of unbranched alkanes of at least 4 members (excludes halogenated alkanes) is 1. The summed E-state index contributed by atoms with van der Waals surface area (Å²) in [6.07, 6.45) is 2.39. The second kappa shape index (κ2) is 14.9. The van der Waals surface area contributed by atoms with Crippen LogP contribution < -0.4 is 19.9 Å². The maximum Gasteiger partial charge on any atom is 0.248 e. The average molecular weight is 553 g/mol. The van der Waals surface area contributed by atoms with Crippen molar-refractivity contribution in [3.05, 3.63) is 125 Å². The number of benzene rings is 4. The maximum atomic E-state index is 10.7. The number of nitrogens with zero attached hydrogens (tertiary/aromatic N) is 1. The van der Waals surface area contributed by atoms with Crippen LogP contribution in [-0.2, 0) is 6.54 Å². The van der Waals surface area contributed by atoms with Crippen molar-refractivity contribution in [1.29, 1.82) is 0 Å². The third kappa shape index (κ3) is 8.35. The SMILES string of the molecule is CCCCN(Cc1ccc2c(c1)OCO2)CC(c1ccccc1)c1ccccc1.COc1ccc(C(N)=O)cc1C. The quantitative estimate of drug-likeness (QED) is 0.218. The molecule has 0 aromatic heterocycles. The van der Waals surface area contributed by atoms with Gasteiger partial charge in [0.05, 0.1) is 7.11 Å². The van der Waals surface area contributed by atoms with E-state index in [-0.39, 0.29) is 0 Å². The van der Waals surface area contributed by atoms with Gasteiger partial charge in [0.1, 0.15) is 5.75 Å². The molecule has 0 bridgehead atoms. The Labute approximate surface area is 243 Å². The molecule has 4 aromatic carbocycles. The van der Waals surface area contributed by atoms with Gasteiger partial charge >= 0.3 is 0 Å². The first-order valence-corrected chi connectivity index (χ1v) is 14.1. The van der Waals surface area contributed by atoms with Gasteiger partial charge in [-0.1, -0.05) is 80.1 Å². The normalized spacial score (nSPS) is 11.7. The summed E-state index contributed by atoms with van der Waals surface area (Å²) >= 11 is 0. The zero-order valence-corrected chi connectivity index (χ0v) is 24.2. The van der Waals surface area contributed by atoms with Crippen molar-refractivity contribution in [2.45, 2.75) is 39.2 Å². The molecule has 0 fully saturated rings. The zero-order chi connectivity index (χ0) is 29.0. The summed E-state index contributed by atoms with van der Waals surface area (Å²) < 4.78 is 16.1. The molecule has 214 valence electrons. The van der Waals surface area contributed by atoms with Gasteiger partial charge < -0.3 is 19.9 Å². The number of hydrogen-bond acceptors (Lipinski definition) is 5. The van der Waals surface area contributed by atoms with Gasteiger partial charge in [0, 0.05) is 24.6 Å². The average Bonchev–Trinajstić information content (AvgIpc) is 3.47. The van der Waals surface area contributed by atoms with Crippen molar-refractivity contribution in [2.24, 2.45) is 5.73 Å². The number of ether oxygens (including phenoxy) is 3. The highest BCUT2D eigenvalue weighted by Gasteiger charge is 2.20. The van der Waals surface area contributed by atoms with Gasteiger partial charge in [0.15, 0.2) is 11.5 Å². The lowest BCUT2D eigenvalue weighted by atomic mass is 9.90. The van der Waals surface area contributed by atoms with E-state index in [1.54, 1.807) is 25.3 Å². The Hall–Kier alpha value is -4.29. The molecule has 0 spiro atoms. The molecule has 41 heavy (non-hydrogen) atoms. The van der Waals surface area contributed by atoms with Crippen molar-refractivity contribution < 1.29 is 19.0 Å². The van der Waals surface area contributed by atoms with Crippen LogP contribution >= 0.6 is 0 Å². The Kier molecular flexibility index (Phi) is 10.8. The predicted molar refractivity (Wildman–Crippen MR) is 164 cm³/mol. The van der Waals surface area contributed by atoms with Gasteiger partial charge in [-0.25, -0.2) is 0 Å². The topological polar surface area (TPSA) is 74.0 Å². The van der Waals surface area contributed by atoms with E-state index in [4.69, 9.17) is 19.9 Å². The van der Waals surface area contributed by atoms with Crippen molar-refractivity contribution >= 4 is 5.91 Å². The fourth-order valence-corrected chi connectivity index (χ4v) is 4.98. The lowest BCUT2D eigenvalue weighted by Crippen LogP contribution is -2.30. The fraction of sp³-hybridized carbons (Fsp3) is 0.286. The minimum atomic E-state index is -0.416. The van der Waals surface area contributed by atoms with Crippen LogP contribution in [0.15, 0.2) is 97.1 Å². The van der Waals surface area contributed by atoms with Crippen LogP contribution in [0.3, 0.4) is 0 Å². The Bertz CT molecular complexity index is 1350. The van der Waals surface area contributed by atoms with E-state index in [0.717, 1.165) is 42.4 Å². The monoisotopic (exact) mass is 552 g/mol. The van der Waals surface area contributed by atoms with Crippen LogP contribution in [0, 0.1) is 6.92 Å². The highest BCUT2D eigenvalue weighted by Crippen LogP contribution is 2.33. The first-order valence-electron chi connectivity index (χ1n) is 14.1. The number of nitrogens with two attached hydrogens (primary N) is 1. The molecular formula is C35H40N2O4. The molecule has 1 heterocycles. The van der Waals surface area contributed by atoms with Gasteiger partial charge in [-0.05, 0) is 72.5 Å². The molecule has 1 aliphatic rings. The van der Waals surface area contributed by atoms with Crippen LogP contribution in [0.4, 0.5) is 0 Å². The van der Waals surface area contributed by atoms with Crippen molar-refractivity contribution in [1.82, 2.24) is 4.90 Å². The van der Waals surface area contributed by atoms with Crippen LogP contribution in [0.25, 0.3) is 0 Å². The Morgan fingerprint density at radius 2 is 1.56 bits per heavy atom. The molecule has 6 heteroatoms. The summed E-state index contributed by atoms with van der Waals surface area (Å²) in [6.45, 7) is 7.43. The molecule has 4 aromatic rings. The zero-order valence-electron chi connectivity index (χ0n) is 24.2. The molecule has 6 nitrogen and oxygen atoms in total.